The zero-order chi connectivity index (χ0) is 20.0. The number of aryl methyl sites for hydroxylation is 1. The van der Waals surface area contributed by atoms with Crippen LogP contribution in [0.5, 0.6) is 5.75 Å². The number of ether oxygens (including phenoxy) is 1. The highest BCUT2D eigenvalue weighted by Gasteiger charge is 2.54. The van der Waals surface area contributed by atoms with Crippen LogP contribution in [0.3, 0.4) is 0 Å². The van der Waals surface area contributed by atoms with Crippen LogP contribution in [-0.2, 0) is 6.42 Å². The molecule has 2 saturated carbocycles. The molecule has 1 N–H and O–H groups in total. The van der Waals surface area contributed by atoms with E-state index in [9.17, 15) is 0 Å². The van der Waals surface area contributed by atoms with E-state index in [-0.39, 0.29) is 0 Å². The SMILES string of the molecule is COc1ccc2c(c1)CC[C@@H]1[C@@H]2CC[C@]2(C)[C@@H](NC(C)c3ccccc3)CC[C@@H]12. The van der Waals surface area contributed by atoms with Gasteiger partial charge in [-0.05, 0) is 97.4 Å². The molecule has 2 aromatic rings. The highest BCUT2D eigenvalue weighted by molar-refractivity contribution is 5.40. The van der Waals surface area contributed by atoms with E-state index in [1.165, 1.54) is 44.1 Å². The molecule has 0 bridgehead atoms. The lowest BCUT2D eigenvalue weighted by Gasteiger charge is -2.51. The monoisotopic (exact) mass is 389 g/mol. The maximum atomic E-state index is 5.48. The van der Waals surface area contributed by atoms with E-state index >= 15 is 0 Å². The lowest BCUT2D eigenvalue weighted by atomic mass is 9.55. The summed E-state index contributed by atoms with van der Waals surface area (Å²) in [6.45, 7) is 4.93. The third kappa shape index (κ3) is 3.20. The molecule has 0 radical (unpaired) electrons. The lowest BCUT2D eigenvalue weighted by Crippen LogP contribution is -2.49. The number of nitrogens with one attached hydrogen (secondary N) is 1. The molecule has 2 aromatic carbocycles. The molecule has 0 spiro atoms. The van der Waals surface area contributed by atoms with E-state index in [0.29, 0.717) is 17.5 Å². The van der Waals surface area contributed by atoms with E-state index < -0.39 is 0 Å². The molecule has 0 aliphatic heterocycles. The van der Waals surface area contributed by atoms with Gasteiger partial charge in [0.15, 0.2) is 0 Å². The van der Waals surface area contributed by atoms with Crippen LogP contribution < -0.4 is 10.1 Å². The van der Waals surface area contributed by atoms with Crippen molar-refractivity contribution < 1.29 is 4.74 Å². The average Bonchev–Trinajstić information content (AvgIpc) is 3.09. The molecule has 154 valence electrons. The van der Waals surface area contributed by atoms with E-state index in [4.69, 9.17) is 4.74 Å². The third-order valence-electron chi connectivity index (χ3n) is 8.68. The largest absolute Gasteiger partial charge is 0.497 e. The maximum Gasteiger partial charge on any atom is 0.119 e. The first-order valence-corrected chi connectivity index (χ1v) is 11.6. The summed E-state index contributed by atoms with van der Waals surface area (Å²) in [5, 5.41) is 4.05. The molecule has 3 aliphatic rings. The highest BCUT2D eigenvalue weighted by atomic mass is 16.5. The number of methoxy groups -OCH3 is 1. The van der Waals surface area contributed by atoms with Crippen LogP contribution in [0.15, 0.2) is 48.5 Å². The summed E-state index contributed by atoms with van der Waals surface area (Å²) in [6.07, 6.45) is 7.99. The Morgan fingerprint density at radius 2 is 1.86 bits per heavy atom. The molecule has 6 atom stereocenters. The van der Waals surface area contributed by atoms with Crippen LogP contribution in [0.1, 0.15) is 74.6 Å². The summed E-state index contributed by atoms with van der Waals surface area (Å²) in [5.74, 6) is 3.49. The van der Waals surface area contributed by atoms with Gasteiger partial charge in [-0.25, -0.2) is 0 Å². The van der Waals surface area contributed by atoms with Crippen molar-refractivity contribution in [3.05, 3.63) is 65.2 Å². The summed E-state index contributed by atoms with van der Waals surface area (Å²) in [5.41, 5.74) is 5.01. The predicted molar refractivity (Wildman–Crippen MR) is 119 cm³/mol. The van der Waals surface area contributed by atoms with Gasteiger partial charge in [-0.15, -0.1) is 0 Å². The van der Waals surface area contributed by atoms with Gasteiger partial charge < -0.3 is 10.1 Å². The smallest absolute Gasteiger partial charge is 0.119 e. The topological polar surface area (TPSA) is 21.3 Å². The van der Waals surface area contributed by atoms with Gasteiger partial charge in [0.05, 0.1) is 7.11 Å². The van der Waals surface area contributed by atoms with Gasteiger partial charge in [0.25, 0.3) is 0 Å². The van der Waals surface area contributed by atoms with E-state index in [2.05, 4.69) is 67.7 Å². The molecule has 2 nitrogen and oxygen atoms in total. The Morgan fingerprint density at radius 3 is 2.66 bits per heavy atom. The van der Waals surface area contributed by atoms with Crippen molar-refractivity contribution in [2.45, 2.75) is 70.4 Å². The van der Waals surface area contributed by atoms with Gasteiger partial charge >= 0.3 is 0 Å². The number of fused-ring (bicyclic) bond motifs is 5. The second-order valence-corrected chi connectivity index (χ2v) is 9.95. The molecule has 0 aromatic heterocycles. The Hall–Kier alpha value is -1.80. The minimum Gasteiger partial charge on any atom is -0.497 e. The van der Waals surface area contributed by atoms with Crippen LogP contribution in [0.25, 0.3) is 0 Å². The molecule has 0 amide bonds. The van der Waals surface area contributed by atoms with Gasteiger partial charge in [-0.1, -0.05) is 43.3 Å². The molecular formula is C27H35NO. The number of hydrogen-bond donors (Lipinski definition) is 1. The summed E-state index contributed by atoms with van der Waals surface area (Å²) in [6, 6.07) is 18.9. The van der Waals surface area contributed by atoms with Crippen LogP contribution in [-0.4, -0.2) is 13.2 Å². The van der Waals surface area contributed by atoms with E-state index in [0.717, 1.165) is 23.5 Å². The first kappa shape index (κ1) is 19.2. The molecule has 2 fully saturated rings. The lowest BCUT2D eigenvalue weighted by molar-refractivity contribution is 0.0388. The molecular weight excluding hydrogens is 354 g/mol. The normalized spacial score (nSPS) is 34.0. The van der Waals surface area contributed by atoms with Crippen molar-refractivity contribution in [1.29, 1.82) is 0 Å². The number of benzene rings is 2. The fourth-order valence-electron chi connectivity index (χ4n) is 7.10. The first-order valence-electron chi connectivity index (χ1n) is 11.6. The minimum absolute atomic E-state index is 0.425. The van der Waals surface area contributed by atoms with Crippen LogP contribution >= 0.6 is 0 Å². The zero-order valence-corrected chi connectivity index (χ0v) is 18.2. The quantitative estimate of drug-likeness (QED) is 0.665. The van der Waals surface area contributed by atoms with Crippen molar-refractivity contribution in [2.75, 3.05) is 7.11 Å². The van der Waals surface area contributed by atoms with Crippen molar-refractivity contribution in [3.8, 4) is 5.75 Å². The van der Waals surface area contributed by atoms with Gasteiger partial charge in [0.2, 0.25) is 0 Å². The first-order chi connectivity index (χ1) is 14.1. The zero-order valence-electron chi connectivity index (χ0n) is 18.2. The van der Waals surface area contributed by atoms with Crippen molar-refractivity contribution in [3.63, 3.8) is 0 Å². The van der Waals surface area contributed by atoms with Crippen molar-refractivity contribution in [2.24, 2.45) is 17.3 Å². The van der Waals surface area contributed by atoms with E-state index in [1.54, 1.807) is 18.2 Å². The summed E-state index contributed by atoms with van der Waals surface area (Å²) in [7, 11) is 1.78. The Labute approximate surface area is 176 Å². The van der Waals surface area contributed by atoms with E-state index in [1.807, 2.05) is 0 Å². The van der Waals surface area contributed by atoms with Crippen LogP contribution in [0, 0.1) is 17.3 Å². The second-order valence-electron chi connectivity index (χ2n) is 9.95. The van der Waals surface area contributed by atoms with Gasteiger partial charge in [0.1, 0.15) is 5.75 Å². The molecule has 1 unspecified atom stereocenters. The summed E-state index contributed by atoms with van der Waals surface area (Å²) >= 11 is 0. The molecule has 2 heteroatoms. The summed E-state index contributed by atoms with van der Waals surface area (Å²) in [4.78, 5) is 0. The molecule has 29 heavy (non-hydrogen) atoms. The number of rotatable bonds is 4. The van der Waals surface area contributed by atoms with Crippen molar-refractivity contribution >= 4 is 0 Å². The Balaban J connectivity index is 1.35. The standard InChI is InChI=1S/C27H35NO/c1-18(19-7-5-4-6-8-19)28-26-14-13-25-24-11-9-20-17-21(29-3)10-12-22(20)23(24)15-16-27(25,26)2/h4-8,10,12,17-18,23-26,28H,9,11,13-16H2,1-3H3/t18?,23-,24-,25+,26+,27+/m1/s1. The maximum absolute atomic E-state index is 5.48. The third-order valence-corrected chi connectivity index (χ3v) is 8.68. The second kappa shape index (κ2) is 7.47. The Morgan fingerprint density at radius 1 is 1.03 bits per heavy atom. The van der Waals surface area contributed by atoms with Gasteiger partial charge in [0, 0.05) is 12.1 Å². The molecule has 0 heterocycles. The average molecular weight is 390 g/mol. The molecule has 5 rings (SSSR count). The number of hydrogen-bond acceptors (Lipinski definition) is 2. The minimum atomic E-state index is 0.425. The fraction of sp³-hybridized carbons (Fsp3) is 0.556. The van der Waals surface area contributed by atoms with Crippen molar-refractivity contribution in [1.82, 2.24) is 5.32 Å². The predicted octanol–water partition coefficient (Wildman–Crippen LogP) is 6.27. The molecule has 3 aliphatic carbocycles. The van der Waals surface area contributed by atoms with Gasteiger partial charge in [-0.2, -0.15) is 0 Å². The fourth-order valence-corrected chi connectivity index (χ4v) is 7.10. The Bertz CT molecular complexity index is 862. The molecule has 0 saturated heterocycles. The van der Waals surface area contributed by atoms with Crippen LogP contribution in [0.4, 0.5) is 0 Å². The van der Waals surface area contributed by atoms with Gasteiger partial charge in [-0.3, -0.25) is 0 Å². The summed E-state index contributed by atoms with van der Waals surface area (Å²) < 4.78 is 5.48. The Kier molecular flexibility index (Phi) is 4.94. The highest BCUT2D eigenvalue weighted by Crippen LogP contribution is 2.61. The van der Waals surface area contributed by atoms with Crippen LogP contribution in [0.2, 0.25) is 0 Å².